The fraction of sp³-hybridized carbons (Fsp3) is 0.167. The maximum atomic E-state index is 12.3. The molecule has 31 heavy (non-hydrogen) atoms. The number of anilines is 1. The number of amides is 1. The van der Waals surface area contributed by atoms with Crippen LogP contribution < -0.4 is 10.1 Å². The summed E-state index contributed by atoms with van der Waals surface area (Å²) in [6.45, 7) is 0. The second-order valence-corrected chi connectivity index (χ2v) is 7.07. The van der Waals surface area contributed by atoms with Crippen LogP contribution in [0.3, 0.4) is 0 Å². The van der Waals surface area contributed by atoms with Gasteiger partial charge in [-0.25, -0.2) is 9.50 Å². The standard InChI is InChI=1S/C24H22N4O3/c1-31-19-10-5-9-18(15-19)20-13-14-23-25-22(16-28(23)27-20)26-24(30)12-6-11-21(29)17-7-3-2-4-8-17/h2-5,7-10,13-16H,6,11-12H2,1H3,(H,26,30). The lowest BCUT2D eigenvalue weighted by Gasteiger charge is -2.04. The van der Waals surface area contributed by atoms with Gasteiger partial charge in [-0.3, -0.25) is 9.59 Å². The SMILES string of the molecule is COc1cccc(-c2ccc3nc(NC(=O)CCCC(=O)c4ccccc4)cn3n2)c1. The van der Waals surface area contributed by atoms with Crippen LogP contribution in [0, 0.1) is 0 Å². The minimum atomic E-state index is -0.183. The summed E-state index contributed by atoms with van der Waals surface area (Å²) in [5.74, 6) is 1.03. The van der Waals surface area contributed by atoms with Gasteiger partial charge >= 0.3 is 0 Å². The summed E-state index contributed by atoms with van der Waals surface area (Å²) < 4.78 is 6.90. The Hall–Kier alpha value is -4.00. The molecule has 0 radical (unpaired) electrons. The highest BCUT2D eigenvalue weighted by atomic mass is 16.5. The Morgan fingerprint density at radius 3 is 2.65 bits per heavy atom. The summed E-state index contributed by atoms with van der Waals surface area (Å²) in [4.78, 5) is 28.8. The Bertz CT molecular complexity index is 1220. The normalized spacial score (nSPS) is 10.7. The van der Waals surface area contributed by atoms with Gasteiger partial charge in [0.1, 0.15) is 5.75 Å². The number of ketones is 1. The molecule has 0 saturated heterocycles. The van der Waals surface area contributed by atoms with Crippen molar-refractivity contribution >= 4 is 23.2 Å². The molecule has 0 saturated carbocycles. The molecule has 7 heteroatoms. The molecule has 0 unspecified atom stereocenters. The van der Waals surface area contributed by atoms with Gasteiger partial charge in [-0.15, -0.1) is 0 Å². The Morgan fingerprint density at radius 2 is 1.84 bits per heavy atom. The number of carbonyl (C=O) groups excluding carboxylic acids is 2. The largest absolute Gasteiger partial charge is 0.497 e. The molecule has 1 amide bonds. The molecule has 0 aliphatic carbocycles. The first-order valence-electron chi connectivity index (χ1n) is 10.0. The van der Waals surface area contributed by atoms with Gasteiger partial charge in [-0.2, -0.15) is 5.10 Å². The summed E-state index contributed by atoms with van der Waals surface area (Å²) >= 11 is 0. The molecule has 7 nitrogen and oxygen atoms in total. The summed E-state index contributed by atoms with van der Waals surface area (Å²) in [6.07, 6.45) is 2.72. The van der Waals surface area contributed by atoms with E-state index in [0.717, 1.165) is 17.0 Å². The Balaban J connectivity index is 1.37. The van der Waals surface area contributed by atoms with Gasteiger partial charge in [0.05, 0.1) is 19.0 Å². The lowest BCUT2D eigenvalue weighted by Crippen LogP contribution is -2.12. The van der Waals surface area contributed by atoms with Crippen LogP contribution in [0.5, 0.6) is 5.75 Å². The van der Waals surface area contributed by atoms with Crippen molar-refractivity contribution in [2.24, 2.45) is 0 Å². The van der Waals surface area contributed by atoms with Crippen LogP contribution in [0.1, 0.15) is 29.6 Å². The topological polar surface area (TPSA) is 85.6 Å². The van der Waals surface area contributed by atoms with Crippen LogP contribution in [-0.4, -0.2) is 33.4 Å². The predicted octanol–water partition coefficient (Wildman–Crippen LogP) is 4.40. The smallest absolute Gasteiger partial charge is 0.225 e. The van der Waals surface area contributed by atoms with Gasteiger partial charge in [0, 0.05) is 24.0 Å². The summed E-state index contributed by atoms with van der Waals surface area (Å²) in [5, 5.41) is 7.35. The van der Waals surface area contributed by atoms with E-state index in [-0.39, 0.29) is 18.1 Å². The fourth-order valence-corrected chi connectivity index (χ4v) is 3.26. The second-order valence-electron chi connectivity index (χ2n) is 7.07. The van der Waals surface area contributed by atoms with E-state index in [0.29, 0.717) is 29.9 Å². The quantitative estimate of drug-likeness (QED) is 0.432. The highest BCUT2D eigenvalue weighted by Crippen LogP contribution is 2.22. The second kappa shape index (κ2) is 9.21. The first-order chi connectivity index (χ1) is 15.1. The molecule has 0 spiro atoms. The third kappa shape index (κ3) is 4.95. The Morgan fingerprint density at radius 1 is 1.00 bits per heavy atom. The van der Waals surface area contributed by atoms with E-state index in [2.05, 4.69) is 15.4 Å². The molecule has 0 aliphatic heterocycles. The number of aromatic nitrogens is 3. The van der Waals surface area contributed by atoms with Crippen LogP contribution in [0.2, 0.25) is 0 Å². The Labute approximate surface area is 179 Å². The molecule has 0 bridgehead atoms. The van der Waals surface area contributed by atoms with Crippen LogP contribution in [0.15, 0.2) is 72.9 Å². The van der Waals surface area contributed by atoms with Crippen molar-refractivity contribution in [2.45, 2.75) is 19.3 Å². The van der Waals surface area contributed by atoms with Crippen molar-refractivity contribution in [3.05, 3.63) is 78.5 Å². The minimum absolute atomic E-state index is 0.0374. The lowest BCUT2D eigenvalue weighted by molar-refractivity contribution is -0.116. The van der Waals surface area contributed by atoms with Crippen molar-refractivity contribution in [3.63, 3.8) is 0 Å². The van der Waals surface area contributed by atoms with Crippen LogP contribution in [0.4, 0.5) is 5.82 Å². The maximum absolute atomic E-state index is 12.3. The number of carbonyl (C=O) groups is 2. The number of fused-ring (bicyclic) bond motifs is 1. The zero-order valence-electron chi connectivity index (χ0n) is 17.1. The molecule has 0 aliphatic rings. The molecule has 4 rings (SSSR count). The van der Waals surface area contributed by atoms with E-state index in [1.165, 1.54) is 0 Å². The van der Waals surface area contributed by atoms with E-state index >= 15 is 0 Å². The van der Waals surface area contributed by atoms with Gasteiger partial charge < -0.3 is 10.1 Å². The van der Waals surface area contributed by atoms with Crippen molar-refractivity contribution in [1.82, 2.24) is 14.6 Å². The molecule has 1 N–H and O–H groups in total. The molecule has 0 atom stereocenters. The number of nitrogens with one attached hydrogen (secondary N) is 1. The number of hydrogen-bond donors (Lipinski definition) is 1. The number of nitrogens with zero attached hydrogens (tertiary/aromatic N) is 3. The van der Waals surface area contributed by atoms with E-state index in [1.807, 2.05) is 54.6 Å². The molecule has 2 aromatic heterocycles. The maximum Gasteiger partial charge on any atom is 0.225 e. The molecule has 156 valence electrons. The number of Topliss-reactive ketones (excluding diaryl/α,β-unsaturated/α-hetero) is 1. The summed E-state index contributed by atoms with van der Waals surface area (Å²) in [7, 11) is 1.62. The predicted molar refractivity (Wildman–Crippen MR) is 118 cm³/mol. The highest BCUT2D eigenvalue weighted by Gasteiger charge is 2.11. The van der Waals surface area contributed by atoms with Crippen molar-refractivity contribution in [1.29, 1.82) is 0 Å². The van der Waals surface area contributed by atoms with E-state index < -0.39 is 0 Å². The monoisotopic (exact) mass is 414 g/mol. The average molecular weight is 414 g/mol. The lowest BCUT2D eigenvalue weighted by atomic mass is 10.1. The first-order valence-corrected chi connectivity index (χ1v) is 10.0. The van der Waals surface area contributed by atoms with Crippen molar-refractivity contribution in [3.8, 4) is 17.0 Å². The third-order valence-corrected chi connectivity index (χ3v) is 4.86. The zero-order chi connectivity index (χ0) is 21.6. The molecule has 2 aromatic carbocycles. The van der Waals surface area contributed by atoms with E-state index in [4.69, 9.17) is 4.74 Å². The molecule has 2 heterocycles. The number of imidazole rings is 1. The fourth-order valence-electron chi connectivity index (χ4n) is 3.26. The number of rotatable bonds is 8. The number of benzene rings is 2. The summed E-state index contributed by atoms with van der Waals surface area (Å²) in [6, 6.07) is 20.5. The van der Waals surface area contributed by atoms with Crippen molar-refractivity contribution < 1.29 is 14.3 Å². The van der Waals surface area contributed by atoms with E-state index in [9.17, 15) is 9.59 Å². The average Bonchev–Trinajstić information content (AvgIpc) is 3.21. The first kappa shape index (κ1) is 20.3. The van der Waals surface area contributed by atoms with Gasteiger partial charge in [-0.1, -0.05) is 42.5 Å². The third-order valence-electron chi connectivity index (χ3n) is 4.86. The van der Waals surface area contributed by atoms with Crippen molar-refractivity contribution in [2.75, 3.05) is 12.4 Å². The van der Waals surface area contributed by atoms with Crippen LogP contribution in [-0.2, 0) is 4.79 Å². The van der Waals surface area contributed by atoms with Gasteiger partial charge in [-0.05, 0) is 30.7 Å². The summed E-state index contributed by atoms with van der Waals surface area (Å²) in [5.41, 5.74) is 2.98. The Kier molecular flexibility index (Phi) is 6.03. The van der Waals surface area contributed by atoms with Gasteiger partial charge in [0.2, 0.25) is 5.91 Å². The minimum Gasteiger partial charge on any atom is -0.497 e. The molecular formula is C24H22N4O3. The zero-order valence-corrected chi connectivity index (χ0v) is 17.1. The van der Waals surface area contributed by atoms with E-state index in [1.54, 1.807) is 30.0 Å². The van der Waals surface area contributed by atoms with Crippen LogP contribution in [0.25, 0.3) is 16.9 Å². The number of hydrogen-bond acceptors (Lipinski definition) is 5. The highest BCUT2D eigenvalue weighted by molar-refractivity contribution is 5.96. The molecule has 4 aromatic rings. The van der Waals surface area contributed by atoms with Crippen LogP contribution >= 0.6 is 0 Å². The molecular weight excluding hydrogens is 392 g/mol. The molecule has 0 fully saturated rings. The number of ether oxygens (including phenoxy) is 1. The van der Waals surface area contributed by atoms with Gasteiger partial charge in [0.15, 0.2) is 17.2 Å². The number of methoxy groups -OCH3 is 1. The van der Waals surface area contributed by atoms with Gasteiger partial charge in [0.25, 0.3) is 0 Å².